The molecule has 7 nitrogen and oxygen atoms in total. The topological polar surface area (TPSA) is 101 Å². The van der Waals surface area contributed by atoms with E-state index in [0.717, 1.165) is 0 Å². The molecule has 2 aromatic heterocycles. The van der Waals surface area contributed by atoms with Gasteiger partial charge in [-0.15, -0.1) is 0 Å². The number of benzene rings is 1. The average molecular weight is 371 g/mol. The molecule has 134 valence electrons. The first-order chi connectivity index (χ1) is 12.5. The van der Waals surface area contributed by atoms with E-state index in [9.17, 15) is 13.2 Å². The average Bonchev–Trinajstić information content (AvgIpc) is 3.15. The van der Waals surface area contributed by atoms with E-state index in [1.807, 2.05) is 0 Å². The van der Waals surface area contributed by atoms with Crippen LogP contribution in [0.1, 0.15) is 21.7 Å². The molecule has 0 saturated heterocycles. The molecule has 0 aliphatic rings. The Morgan fingerprint density at radius 2 is 2.00 bits per heavy atom. The number of sulfonamides is 1. The lowest BCUT2D eigenvalue weighted by Gasteiger charge is -2.10. The van der Waals surface area contributed by atoms with Gasteiger partial charge in [0.15, 0.2) is 0 Å². The third-order valence-corrected chi connectivity index (χ3v) is 5.09. The smallest absolute Gasteiger partial charge is 0.257 e. The number of nitrogens with zero attached hydrogens (tertiary/aromatic N) is 1. The number of carbonyl (C=O) groups is 1. The lowest BCUT2D eigenvalue weighted by molar-refractivity contribution is 0.102. The molecule has 0 spiro atoms. The van der Waals surface area contributed by atoms with Crippen molar-refractivity contribution in [2.45, 2.75) is 18.4 Å². The summed E-state index contributed by atoms with van der Waals surface area (Å²) in [7, 11) is -3.79. The van der Waals surface area contributed by atoms with E-state index in [4.69, 9.17) is 4.42 Å². The Labute approximate surface area is 151 Å². The predicted molar refractivity (Wildman–Crippen MR) is 96.1 cm³/mol. The second-order valence-corrected chi connectivity index (χ2v) is 7.32. The van der Waals surface area contributed by atoms with Gasteiger partial charge in [0, 0.05) is 11.8 Å². The van der Waals surface area contributed by atoms with Gasteiger partial charge in [0.2, 0.25) is 10.0 Å². The maximum absolute atomic E-state index is 12.5. The van der Waals surface area contributed by atoms with Gasteiger partial charge in [-0.05, 0) is 48.9 Å². The van der Waals surface area contributed by atoms with Crippen molar-refractivity contribution in [1.82, 2.24) is 9.71 Å². The first-order valence-corrected chi connectivity index (χ1v) is 9.29. The van der Waals surface area contributed by atoms with Crippen LogP contribution in [0.3, 0.4) is 0 Å². The van der Waals surface area contributed by atoms with Crippen LogP contribution in [0.25, 0.3) is 0 Å². The van der Waals surface area contributed by atoms with Gasteiger partial charge in [-0.3, -0.25) is 4.79 Å². The van der Waals surface area contributed by atoms with Gasteiger partial charge in [0.1, 0.15) is 11.6 Å². The van der Waals surface area contributed by atoms with Crippen molar-refractivity contribution >= 4 is 21.7 Å². The van der Waals surface area contributed by atoms with Crippen LogP contribution in [-0.2, 0) is 16.6 Å². The van der Waals surface area contributed by atoms with Crippen LogP contribution in [0.5, 0.6) is 0 Å². The zero-order valence-electron chi connectivity index (χ0n) is 14.0. The van der Waals surface area contributed by atoms with E-state index in [0.29, 0.717) is 17.1 Å². The van der Waals surface area contributed by atoms with Crippen LogP contribution in [-0.4, -0.2) is 19.3 Å². The Balaban J connectivity index is 1.81. The highest BCUT2D eigenvalue weighted by Crippen LogP contribution is 2.17. The SMILES string of the molecule is Cc1ccc(S(=O)(=O)NCc2ccco2)cc1C(=O)Nc1ccccn1. The highest BCUT2D eigenvalue weighted by molar-refractivity contribution is 7.89. The summed E-state index contributed by atoms with van der Waals surface area (Å²) in [6.45, 7) is 1.76. The molecule has 26 heavy (non-hydrogen) atoms. The zero-order chi connectivity index (χ0) is 18.6. The Bertz CT molecular complexity index is 1000. The summed E-state index contributed by atoms with van der Waals surface area (Å²) in [5, 5.41) is 2.65. The number of anilines is 1. The summed E-state index contributed by atoms with van der Waals surface area (Å²) < 4.78 is 32.5. The molecule has 0 radical (unpaired) electrons. The number of carbonyl (C=O) groups excluding carboxylic acids is 1. The lowest BCUT2D eigenvalue weighted by atomic mass is 10.1. The van der Waals surface area contributed by atoms with E-state index in [2.05, 4.69) is 15.0 Å². The van der Waals surface area contributed by atoms with Crippen molar-refractivity contribution < 1.29 is 17.6 Å². The molecule has 0 bridgehead atoms. The number of hydrogen-bond acceptors (Lipinski definition) is 5. The molecule has 0 saturated carbocycles. The number of amides is 1. The normalized spacial score (nSPS) is 11.3. The number of hydrogen-bond donors (Lipinski definition) is 2. The largest absolute Gasteiger partial charge is 0.468 e. The second kappa shape index (κ2) is 7.51. The van der Waals surface area contributed by atoms with Crippen molar-refractivity contribution in [3.8, 4) is 0 Å². The van der Waals surface area contributed by atoms with Crippen LogP contribution in [0.4, 0.5) is 5.82 Å². The van der Waals surface area contributed by atoms with Crippen LogP contribution in [0, 0.1) is 6.92 Å². The molecule has 1 aromatic carbocycles. The maximum Gasteiger partial charge on any atom is 0.257 e. The van der Waals surface area contributed by atoms with Gasteiger partial charge >= 0.3 is 0 Å². The molecule has 1 amide bonds. The Morgan fingerprint density at radius 3 is 2.69 bits per heavy atom. The van der Waals surface area contributed by atoms with Crippen LogP contribution in [0.15, 0.2) is 70.3 Å². The summed E-state index contributed by atoms with van der Waals surface area (Å²) in [5.41, 5.74) is 0.917. The van der Waals surface area contributed by atoms with E-state index < -0.39 is 15.9 Å². The molecular weight excluding hydrogens is 354 g/mol. The molecule has 0 unspecified atom stereocenters. The van der Waals surface area contributed by atoms with Crippen molar-refractivity contribution in [1.29, 1.82) is 0 Å². The quantitative estimate of drug-likeness (QED) is 0.694. The minimum absolute atomic E-state index is 0.000766. The number of furan rings is 1. The Hall–Kier alpha value is -2.97. The minimum atomic E-state index is -3.79. The fourth-order valence-electron chi connectivity index (χ4n) is 2.30. The van der Waals surface area contributed by atoms with Crippen molar-refractivity contribution in [3.63, 3.8) is 0 Å². The highest BCUT2D eigenvalue weighted by atomic mass is 32.2. The lowest BCUT2D eigenvalue weighted by Crippen LogP contribution is -2.24. The predicted octanol–water partition coefficient (Wildman–Crippen LogP) is 2.71. The van der Waals surface area contributed by atoms with Crippen molar-refractivity contribution in [2.75, 3.05) is 5.32 Å². The molecule has 2 heterocycles. The van der Waals surface area contributed by atoms with E-state index in [-0.39, 0.29) is 17.0 Å². The molecular formula is C18H17N3O4S. The van der Waals surface area contributed by atoms with Gasteiger partial charge in [-0.25, -0.2) is 18.1 Å². The van der Waals surface area contributed by atoms with Crippen molar-refractivity contribution in [3.05, 3.63) is 77.9 Å². The van der Waals surface area contributed by atoms with Gasteiger partial charge in [0.25, 0.3) is 5.91 Å². The highest BCUT2D eigenvalue weighted by Gasteiger charge is 2.18. The third kappa shape index (κ3) is 4.16. The first kappa shape index (κ1) is 17.8. The van der Waals surface area contributed by atoms with Gasteiger partial charge in [-0.1, -0.05) is 12.1 Å². The summed E-state index contributed by atoms with van der Waals surface area (Å²) >= 11 is 0. The Morgan fingerprint density at radius 1 is 1.15 bits per heavy atom. The van der Waals surface area contributed by atoms with Crippen molar-refractivity contribution in [2.24, 2.45) is 0 Å². The molecule has 0 fully saturated rings. The van der Waals surface area contributed by atoms with Gasteiger partial charge < -0.3 is 9.73 Å². The standard InChI is InChI=1S/C18H17N3O4S/c1-13-7-8-15(26(23,24)20-12-14-5-4-10-25-14)11-16(13)18(22)21-17-6-2-3-9-19-17/h2-11,20H,12H2,1H3,(H,19,21,22). The van der Waals surface area contributed by atoms with Crippen LogP contribution < -0.4 is 10.0 Å². The number of pyridine rings is 1. The molecule has 0 aliphatic carbocycles. The third-order valence-electron chi connectivity index (χ3n) is 3.69. The molecule has 3 rings (SSSR count). The van der Waals surface area contributed by atoms with E-state index in [1.54, 1.807) is 49.5 Å². The minimum Gasteiger partial charge on any atom is -0.468 e. The Kier molecular flexibility index (Phi) is 5.15. The van der Waals surface area contributed by atoms with E-state index >= 15 is 0 Å². The summed E-state index contributed by atoms with van der Waals surface area (Å²) in [4.78, 5) is 16.5. The zero-order valence-corrected chi connectivity index (χ0v) is 14.8. The molecule has 0 atom stereocenters. The summed E-state index contributed by atoms with van der Waals surface area (Å²) in [5.74, 6) is 0.458. The fraction of sp³-hybridized carbons (Fsp3) is 0.111. The van der Waals surface area contributed by atoms with E-state index in [1.165, 1.54) is 18.4 Å². The summed E-state index contributed by atoms with van der Waals surface area (Å²) in [6.07, 6.45) is 3.03. The monoisotopic (exact) mass is 371 g/mol. The number of aromatic nitrogens is 1. The molecule has 0 aliphatic heterocycles. The van der Waals surface area contributed by atoms with Crippen LogP contribution >= 0.6 is 0 Å². The fourth-order valence-corrected chi connectivity index (χ4v) is 3.32. The van der Waals surface area contributed by atoms with Gasteiger partial charge in [-0.2, -0.15) is 0 Å². The molecule has 2 N–H and O–H groups in total. The second-order valence-electron chi connectivity index (χ2n) is 5.55. The number of aryl methyl sites for hydroxylation is 1. The van der Waals surface area contributed by atoms with Gasteiger partial charge in [0.05, 0.1) is 17.7 Å². The summed E-state index contributed by atoms with van der Waals surface area (Å²) in [6, 6.07) is 12.9. The first-order valence-electron chi connectivity index (χ1n) is 7.81. The maximum atomic E-state index is 12.5. The van der Waals surface area contributed by atoms with Crippen LogP contribution in [0.2, 0.25) is 0 Å². The number of nitrogens with one attached hydrogen (secondary N) is 2. The number of rotatable bonds is 6. The molecule has 8 heteroatoms. The molecule has 3 aromatic rings.